The van der Waals surface area contributed by atoms with Gasteiger partial charge in [-0.25, -0.2) is 4.39 Å². The molecule has 0 saturated heterocycles. The van der Waals surface area contributed by atoms with Crippen LogP contribution in [0.25, 0.3) is 5.69 Å². The average molecular weight is 397 g/mol. The molecular formula is C12H5F7MnN2O2. The quantitative estimate of drug-likeness (QED) is 0.480. The van der Waals surface area contributed by atoms with E-state index in [2.05, 4.69) is 5.10 Å². The Bertz CT molecular complexity index is 768. The van der Waals surface area contributed by atoms with Gasteiger partial charge >= 0.3 is 12.4 Å². The van der Waals surface area contributed by atoms with Gasteiger partial charge in [-0.15, -0.1) is 0 Å². The predicted molar refractivity (Wildman–Crippen MR) is 60.6 cm³/mol. The van der Waals surface area contributed by atoms with Crippen LogP contribution in [0.5, 0.6) is 5.88 Å². The first-order chi connectivity index (χ1) is 10.4. The molecule has 4 nitrogen and oxygen atoms in total. The van der Waals surface area contributed by atoms with Crippen LogP contribution in [0.2, 0.25) is 0 Å². The molecule has 24 heavy (non-hydrogen) atoms. The van der Waals surface area contributed by atoms with Gasteiger partial charge < -0.3 is 5.11 Å². The van der Waals surface area contributed by atoms with Gasteiger partial charge in [0.2, 0.25) is 5.88 Å². The van der Waals surface area contributed by atoms with E-state index >= 15 is 0 Å². The van der Waals surface area contributed by atoms with Gasteiger partial charge in [-0.2, -0.15) is 36.1 Å². The van der Waals surface area contributed by atoms with Crippen LogP contribution in [0.1, 0.15) is 16.1 Å². The Hall–Kier alpha value is -2.07. The SMILES string of the molecule is O=C(c1c(C(F)(F)F)nn(-c2ccccc2F)c1O)C(F)(F)F.[Mn]. The van der Waals surface area contributed by atoms with Crippen LogP contribution in [0, 0.1) is 5.82 Å². The molecule has 0 atom stereocenters. The monoisotopic (exact) mass is 397 g/mol. The van der Waals surface area contributed by atoms with Crippen LogP contribution in [-0.2, 0) is 23.2 Å². The first-order valence-corrected chi connectivity index (χ1v) is 5.70. The van der Waals surface area contributed by atoms with Crippen molar-refractivity contribution in [3.05, 3.63) is 41.3 Å². The van der Waals surface area contributed by atoms with E-state index in [0.717, 1.165) is 24.3 Å². The van der Waals surface area contributed by atoms with E-state index in [1.54, 1.807) is 0 Å². The topological polar surface area (TPSA) is 55.1 Å². The van der Waals surface area contributed by atoms with Crippen molar-refractivity contribution in [3.63, 3.8) is 0 Å². The number of ketones is 1. The molecule has 1 aromatic carbocycles. The zero-order chi connectivity index (χ0) is 17.6. The third kappa shape index (κ3) is 3.54. The first-order valence-electron chi connectivity index (χ1n) is 5.70. The maximum Gasteiger partial charge on any atom is 0.455 e. The molecule has 0 aliphatic heterocycles. The van der Waals surface area contributed by atoms with E-state index in [4.69, 9.17) is 0 Å². The van der Waals surface area contributed by atoms with Crippen molar-refractivity contribution in [2.75, 3.05) is 0 Å². The van der Waals surface area contributed by atoms with Crippen LogP contribution >= 0.6 is 0 Å². The molecule has 1 N–H and O–H groups in total. The number of hydrogen-bond acceptors (Lipinski definition) is 3. The third-order valence-electron chi connectivity index (χ3n) is 2.69. The Kier molecular flexibility index (Phi) is 5.36. The zero-order valence-electron chi connectivity index (χ0n) is 11.1. The number of rotatable bonds is 2. The number of benzene rings is 1. The zero-order valence-corrected chi connectivity index (χ0v) is 12.3. The van der Waals surface area contributed by atoms with Gasteiger partial charge in [-0.05, 0) is 12.1 Å². The molecular weight excluding hydrogens is 392 g/mol. The summed E-state index contributed by atoms with van der Waals surface area (Å²) < 4.78 is 89.2. The average Bonchev–Trinajstić information content (AvgIpc) is 2.75. The summed E-state index contributed by atoms with van der Waals surface area (Å²) in [6, 6.07) is 3.96. The van der Waals surface area contributed by atoms with E-state index < -0.39 is 46.8 Å². The van der Waals surface area contributed by atoms with Gasteiger partial charge in [-0.3, -0.25) is 4.79 Å². The summed E-state index contributed by atoms with van der Waals surface area (Å²) in [5.41, 5.74) is -5.11. The minimum absolute atomic E-state index is 0. The Labute approximate surface area is 139 Å². The normalized spacial score (nSPS) is 12.0. The first kappa shape index (κ1) is 20.0. The molecule has 0 fully saturated rings. The molecule has 0 aliphatic carbocycles. The smallest absolute Gasteiger partial charge is 0.455 e. The number of carbonyl (C=O) groups is 1. The number of para-hydroxylation sites is 1. The maximum absolute atomic E-state index is 13.6. The Morgan fingerprint density at radius 3 is 2.08 bits per heavy atom. The predicted octanol–water partition coefficient (Wildman–Crippen LogP) is 3.48. The van der Waals surface area contributed by atoms with Crippen molar-refractivity contribution in [1.29, 1.82) is 0 Å². The van der Waals surface area contributed by atoms with Crippen LogP contribution in [0.15, 0.2) is 24.3 Å². The van der Waals surface area contributed by atoms with Crippen LogP contribution in [-0.4, -0.2) is 26.8 Å². The number of carbonyl (C=O) groups excluding carboxylic acids is 1. The number of halogens is 7. The second-order valence-electron chi connectivity index (χ2n) is 4.24. The van der Waals surface area contributed by atoms with Crippen molar-refractivity contribution in [2.45, 2.75) is 12.4 Å². The Balaban J connectivity index is 0.00000288. The fourth-order valence-electron chi connectivity index (χ4n) is 1.75. The molecule has 1 aromatic heterocycles. The van der Waals surface area contributed by atoms with Gasteiger partial charge in [0.25, 0.3) is 5.78 Å². The molecule has 0 bridgehead atoms. The number of aromatic hydroxyl groups is 1. The second-order valence-corrected chi connectivity index (χ2v) is 4.24. The molecule has 0 spiro atoms. The summed E-state index contributed by atoms with van der Waals surface area (Å²) in [4.78, 5) is 11.2. The van der Waals surface area contributed by atoms with E-state index in [1.165, 1.54) is 0 Å². The number of Topliss-reactive ketones (excluding diaryl/α,β-unsaturated/α-hetero) is 1. The largest absolute Gasteiger partial charge is 0.493 e. The van der Waals surface area contributed by atoms with Gasteiger partial charge in [0.1, 0.15) is 17.1 Å². The maximum atomic E-state index is 13.6. The van der Waals surface area contributed by atoms with E-state index in [0.29, 0.717) is 0 Å². The van der Waals surface area contributed by atoms with Crippen molar-refractivity contribution < 1.29 is 57.7 Å². The van der Waals surface area contributed by atoms with Crippen molar-refractivity contribution in [2.24, 2.45) is 0 Å². The Morgan fingerprint density at radius 1 is 1.08 bits per heavy atom. The number of aromatic nitrogens is 2. The summed E-state index contributed by atoms with van der Waals surface area (Å²) in [6.07, 6.45) is -11.1. The molecule has 0 unspecified atom stereocenters. The summed E-state index contributed by atoms with van der Waals surface area (Å²) >= 11 is 0. The van der Waals surface area contributed by atoms with Crippen LogP contribution < -0.4 is 0 Å². The number of alkyl halides is 6. The summed E-state index contributed by atoms with van der Waals surface area (Å²) in [7, 11) is 0. The minimum atomic E-state index is -5.68. The molecule has 131 valence electrons. The molecule has 0 aliphatic rings. The van der Waals surface area contributed by atoms with Crippen LogP contribution in [0.4, 0.5) is 30.7 Å². The second kappa shape index (κ2) is 6.44. The van der Waals surface area contributed by atoms with Gasteiger partial charge in [-0.1, -0.05) is 12.1 Å². The number of hydrogen-bond donors (Lipinski definition) is 1. The van der Waals surface area contributed by atoms with E-state index in [1.807, 2.05) is 0 Å². The molecule has 0 amide bonds. The third-order valence-corrected chi connectivity index (χ3v) is 2.69. The van der Waals surface area contributed by atoms with Crippen molar-refractivity contribution in [1.82, 2.24) is 9.78 Å². The summed E-state index contributed by atoms with van der Waals surface area (Å²) in [6.45, 7) is 0. The molecule has 2 rings (SSSR count). The Morgan fingerprint density at radius 2 is 1.62 bits per heavy atom. The molecule has 1 heterocycles. The fourth-order valence-corrected chi connectivity index (χ4v) is 1.75. The van der Waals surface area contributed by atoms with E-state index in [9.17, 15) is 40.6 Å². The van der Waals surface area contributed by atoms with Crippen molar-refractivity contribution in [3.8, 4) is 11.6 Å². The minimum Gasteiger partial charge on any atom is -0.493 e. The standard InChI is InChI=1S/C12H5F7N2O2.Mn/c13-5-3-1-2-4-6(5)21-10(23)7(9(22)12(17,18)19)8(20-21)11(14,15)16;/h1-4,23H;. The van der Waals surface area contributed by atoms with Gasteiger partial charge in [0, 0.05) is 17.1 Å². The molecule has 1 radical (unpaired) electrons. The van der Waals surface area contributed by atoms with Crippen LogP contribution in [0.3, 0.4) is 0 Å². The number of nitrogens with zero attached hydrogens (tertiary/aromatic N) is 2. The molecule has 12 heteroatoms. The summed E-state index contributed by atoms with van der Waals surface area (Å²) in [5.74, 6) is -5.86. The summed E-state index contributed by atoms with van der Waals surface area (Å²) in [5, 5.41) is 12.3. The molecule has 2 aromatic rings. The van der Waals surface area contributed by atoms with Crippen molar-refractivity contribution >= 4 is 5.78 Å². The molecule has 0 saturated carbocycles. The van der Waals surface area contributed by atoms with E-state index in [-0.39, 0.29) is 21.8 Å². The van der Waals surface area contributed by atoms with Gasteiger partial charge in [0.15, 0.2) is 5.69 Å². The van der Waals surface area contributed by atoms with Gasteiger partial charge in [0.05, 0.1) is 0 Å². The fraction of sp³-hybridized carbons (Fsp3) is 0.167.